The van der Waals surface area contributed by atoms with Gasteiger partial charge in [-0.15, -0.1) is 0 Å². The van der Waals surface area contributed by atoms with Gasteiger partial charge in [0.25, 0.3) is 0 Å². The number of halogens is 3. The maximum absolute atomic E-state index is 11.8. The van der Waals surface area contributed by atoms with Crippen LogP contribution >= 0.6 is 0 Å². The van der Waals surface area contributed by atoms with Crippen LogP contribution in [0.1, 0.15) is 19.3 Å². The van der Waals surface area contributed by atoms with Gasteiger partial charge in [-0.25, -0.2) is 8.42 Å². The number of hydrogen-bond donors (Lipinski definition) is 1. The number of nitrogens with one attached hydrogen (secondary N) is 1. The van der Waals surface area contributed by atoms with Gasteiger partial charge in [-0.05, 0) is 25.2 Å². The fraction of sp³-hybridized carbons (Fsp3) is 0.889. The Morgan fingerprint density at radius 2 is 1.76 bits per heavy atom. The summed E-state index contributed by atoms with van der Waals surface area (Å²) in [4.78, 5) is 10.5. The molecule has 0 aromatic rings. The zero-order valence-corrected chi connectivity index (χ0v) is 9.90. The first-order valence-electron chi connectivity index (χ1n) is 5.26. The summed E-state index contributed by atoms with van der Waals surface area (Å²) in [5.74, 6) is -1.69. The fourth-order valence-corrected chi connectivity index (χ4v) is 3.31. The van der Waals surface area contributed by atoms with E-state index < -0.39 is 21.9 Å². The van der Waals surface area contributed by atoms with E-state index in [9.17, 15) is 26.4 Å². The first-order valence-corrected chi connectivity index (χ1v) is 7.08. The van der Waals surface area contributed by atoms with Crippen LogP contribution in [0.5, 0.6) is 0 Å². The highest BCUT2D eigenvalue weighted by Crippen LogP contribution is 2.21. The molecule has 0 aliphatic carbocycles. The van der Waals surface area contributed by atoms with Crippen LogP contribution in [-0.4, -0.2) is 38.6 Å². The van der Waals surface area contributed by atoms with Crippen LogP contribution in [0.3, 0.4) is 0 Å². The van der Waals surface area contributed by atoms with Crippen molar-refractivity contribution in [1.82, 2.24) is 5.32 Å². The zero-order chi connectivity index (χ0) is 13.1. The van der Waals surface area contributed by atoms with Gasteiger partial charge in [0.2, 0.25) is 0 Å². The molecule has 1 amide bonds. The van der Waals surface area contributed by atoms with Crippen molar-refractivity contribution in [3.63, 3.8) is 0 Å². The molecule has 1 N–H and O–H groups in total. The third kappa shape index (κ3) is 4.93. The highest BCUT2D eigenvalue weighted by Gasteiger charge is 2.38. The number of carbonyl (C=O) groups is 1. The third-order valence-corrected chi connectivity index (χ3v) is 4.49. The number of sulfone groups is 1. The van der Waals surface area contributed by atoms with E-state index in [2.05, 4.69) is 0 Å². The summed E-state index contributed by atoms with van der Waals surface area (Å²) in [6.07, 6.45) is -3.54. The Labute approximate surface area is 97.5 Å². The molecule has 0 aromatic carbocycles. The first-order chi connectivity index (χ1) is 7.71. The van der Waals surface area contributed by atoms with Crippen LogP contribution in [0.15, 0.2) is 0 Å². The lowest BCUT2D eigenvalue weighted by Gasteiger charge is -2.21. The molecule has 17 heavy (non-hydrogen) atoms. The van der Waals surface area contributed by atoms with Gasteiger partial charge in [-0.3, -0.25) is 4.79 Å². The minimum atomic E-state index is -4.85. The zero-order valence-electron chi connectivity index (χ0n) is 9.09. The lowest BCUT2D eigenvalue weighted by Crippen LogP contribution is -2.38. The predicted molar refractivity (Wildman–Crippen MR) is 55.1 cm³/mol. The van der Waals surface area contributed by atoms with E-state index in [4.69, 9.17) is 0 Å². The maximum atomic E-state index is 11.8. The van der Waals surface area contributed by atoms with Gasteiger partial charge in [0.05, 0.1) is 11.5 Å². The van der Waals surface area contributed by atoms with Gasteiger partial charge in [0, 0.05) is 6.54 Å². The van der Waals surface area contributed by atoms with E-state index in [1.165, 1.54) is 0 Å². The molecule has 1 fully saturated rings. The molecule has 0 saturated carbocycles. The SMILES string of the molecule is O=C(NCCC1CCS(=O)(=O)CC1)C(F)(F)F. The third-order valence-electron chi connectivity index (χ3n) is 2.77. The molecule has 0 atom stereocenters. The predicted octanol–water partition coefficient (Wildman–Crippen LogP) is 0.880. The topological polar surface area (TPSA) is 63.2 Å². The van der Waals surface area contributed by atoms with E-state index in [0.29, 0.717) is 19.3 Å². The molecule has 0 bridgehead atoms. The molecule has 0 spiro atoms. The minimum absolute atomic E-state index is 0.0664. The Bertz CT molecular complexity index is 363. The molecule has 1 saturated heterocycles. The van der Waals surface area contributed by atoms with Crippen molar-refractivity contribution in [1.29, 1.82) is 0 Å². The second-order valence-corrected chi connectivity index (χ2v) is 6.44. The van der Waals surface area contributed by atoms with Crippen LogP contribution < -0.4 is 5.32 Å². The van der Waals surface area contributed by atoms with E-state index in [1.54, 1.807) is 5.32 Å². The quantitative estimate of drug-likeness (QED) is 0.830. The maximum Gasteiger partial charge on any atom is 0.471 e. The normalized spacial score (nSPS) is 21.1. The molecule has 0 radical (unpaired) electrons. The van der Waals surface area contributed by atoms with Gasteiger partial charge in [0.15, 0.2) is 0 Å². The molecule has 1 aliphatic rings. The molecule has 1 rings (SSSR count). The Morgan fingerprint density at radius 3 is 2.24 bits per heavy atom. The first kappa shape index (κ1) is 14.3. The minimum Gasteiger partial charge on any atom is -0.348 e. The van der Waals surface area contributed by atoms with Crippen LogP contribution in [0, 0.1) is 5.92 Å². The molecule has 8 heteroatoms. The monoisotopic (exact) mass is 273 g/mol. The number of rotatable bonds is 3. The van der Waals surface area contributed by atoms with Crippen molar-refractivity contribution in [3.05, 3.63) is 0 Å². The van der Waals surface area contributed by atoms with Gasteiger partial charge >= 0.3 is 12.1 Å². The second-order valence-electron chi connectivity index (χ2n) is 4.14. The Kier molecular flexibility index (Phi) is 4.40. The molecule has 0 aromatic heterocycles. The highest BCUT2D eigenvalue weighted by molar-refractivity contribution is 7.91. The van der Waals surface area contributed by atoms with Crippen molar-refractivity contribution >= 4 is 15.7 Å². The number of alkyl halides is 3. The summed E-state index contributed by atoms with van der Waals surface area (Å²) >= 11 is 0. The summed E-state index contributed by atoms with van der Waals surface area (Å²) in [5.41, 5.74) is 0. The fourth-order valence-electron chi connectivity index (χ4n) is 1.72. The second kappa shape index (κ2) is 5.24. The summed E-state index contributed by atoms with van der Waals surface area (Å²) < 4.78 is 57.7. The summed E-state index contributed by atoms with van der Waals surface area (Å²) in [6.45, 7) is -0.0664. The van der Waals surface area contributed by atoms with Crippen LogP contribution in [0.25, 0.3) is 0 Å². The molecule has 4 nitrogen and oxygen atoms in total. The number of hydrogen-bond acceptors (Lipinski definition) is 3. The summed E-state index contributed by atoms with van der Waals surface area (Å²) in [5, 5.41) is 1.78. The highest BCUT2D eigenvalue weighted by atomic mass is 32.2. The van der Waals surface area contributed by atoms with E-state index >= 15 is 0 Å². The molecule has 1 heterocycles. The summed E-state index contributed by atoms with van der Waals surface area (Å²) in [6, 6.07) is 0. The Morgan fingerprint density at radius 1 is 1.24 bits per heavy atom. The molecule has 0 unspecified atom stereocenters. The number of carbonyl (C=O) groups excluding carboxylic acids is 1. The number of amides is 1. The Balaban J connectivity index is 2.23. The van der Waals surface area contributed by atoms with Crippen molar-refractivity contribution in [2.24, 2.45) is 5.92 Å². The smallest absolute Gasteiger partial charge is 0.348 e. The van der Waals surface area contributed by atoms with E-state index in [1.807, 2.05) is 0 Å². The Hall–Kier alpha value is -0.790. The lowest BCUT2D eigenvalue weighted by atomic mass is 9.99. The average molecular weight is 273 g/mol. The van der Waals surface area contributed by atoms with Crippen LogP contribution in [0.2, 0.25) is 0 Å². The van der Waals surface area contributed by atoms with Crippen LogP contribution in [-0.2, 0) is 14.6 Å². The van der Waals surface area contributed by atoms with E-state index in [0.717, 1.165) is 0 Å². The molecule has 100 valence electrons. The van der Waals surface area contributed by atoms with Gasteiger partial charge in [-0.1, -0.05) is 0 Å². The van der Waals surface area contributed by atoms with Crippen molar-refractivity contribution in [2.75, 3.05) is 18.1 Å². The lowest BCUT2D eigenvalue weighted by molar-refractivity contribution is -0.173. The van der Waals surface area contributed by atoms with Gasteiger partial charge in [0.1, 0.15) is 9.84 Å². The largest absolute Gasteiger partial charge is 0.471 e. The standard InChI is InChI=1S/C9H14F3NO3S/c10-9(11,12)8(14)13-4-1-7-2-5-17(15,16)6-3-7/h7H,1-6H2,(H,13,14). The van der Waals surface area contributed by atoms with Crippen LogP contribution in [0.4, 0.5) is 13.2 Å². The van der Waals surface area contributed by atoms with Crippen molar-refractivity contribution in [3.8, 4) is 0 Å². The van der Waals surface area contributed by atoms with Crippen molar-refractivity contribution < 1.29 is 26.4 Å². The molecular weight excluding hydrogens is 259 g/mol. The molecular formula is C9H14F3NO3S. The average Bonchev–Trinajstić information content (AvgIpc) is 2.19. The molecule has 1 aliphatic heterocycles. The van der Waals surface area contributed by atoms with Gasteiger partial charge < -0.3 is 5.32 Å². The van der Waals surface area contributed by atoms with Crippen molar-refractivity contribution in [2.45, 2.75) is 25.4 Å². The summed E-state index contributed by atoms with van der Waals surface area (Å²) in [7, 11) is -2.95. The van der Waals surface area contributed by atoms with Gasteiger partial charge in [-0.2, -0.15) is 13.2 Å². The van der Waals surface area contributed by atoms with E-state index in [-0.39, 0.29) is 24.0 Å².